The summed E-state index contributed by atoms with van der Waals surface area (Å²) in [5.41, 5.74) is 3.34. The Bertz CT molecular complexity index is 1120. The Morgan fingerprint density at radius 3 is 2.25 bits per heavy atom. The molecule has 0 heterocycles. The lowest BCUT2D eigenvalue weighted by atomic mass is 10.2. The lowest BCUT2D eigenvalue weighted by Gasteiger charge is -2.10. The molecule has 0 aliphatic rings. The molecule has 0 radical (unpaired) electrons. The van der Waals surface area contributed by atoms with E-state index in [2.05, 4.69) is 10.5 Å². The van der Waals surface area contributed by atoms with E-state index < -0.39 is 11.9 Å². The molecular formula is C23H18Cl2N2O5. The summed E-state index contributed by atoms with van der Waals surface area (Å²) in [6.45, 7) is -0.206. The van der Waals surface area contributed by atoms with E-state index in [-0.39, 0.29) is 12.4 Å². The number of hydrogen-bond acceptors (Lipinski definition) is 6. The number of hydrazone groups is 1. The van der Waals surface area contributed by atoms with Crippen LogP contribution in [0.1, 0.15) is 15.9 Å². The molecule has 0 spiro atoms. The number of hydrogen-bond donors (Lipinski definition) is 1. The van der Waals surface area contributed by atoms with Crippen LogP contribution in [0.25, 0.3) is 0 Å². The Morgan fingerprint density at radius 2 is 1.59 bits per heavy atom. The summed E-state index contributed by atoms with van der Waals surface area (Å²) < 4.78 is 16.0. The van der Waals surface area contributed by atoms with Gasteiger partial charge in [-0.05, 0) is 72.3 Å². The second kappa shape index (κ2) is 11.2. The van der Waals surface area contributed by atoms with Gasteiger partial charge in [0.2, 0.25) is 0 Å². The number of methoxy groups -OCH3 is 1. The molecular weight excluding hydrogens is 455 g/mol. The number of amides is 1. The van der Waals surface area contributed by atoms with Gasteiger partial charge in [0.15, 0.2) is 18.1 Å². The molecule has 9 heteroatoms. The van der Waals surface area contributed by atoms with Crippen LogP contribution in [0.5, 0.6) is 17.2 Å². The van der Waals surface area contributed by atoms with Crippen molar-refractivity contribution in [2.45, 2.75) is 0 Å². The molecule has 3 aromatic carbocycles. The zero-order valence-corrected chi connectivity index (χ0v) is 18.4. The third-order valence-electron chi connectivity index (χ3n) is 4.06. The molecule has 3 rings (SSSR count). The molecule has 0 fully saturated rings. The first-order chi connectivity index (χ1) is 15.4. The fourth-order valence-electron chi connectivity index (χ4n) is 2.48. The average molecular weight is 473 g/mol. The van der Waals surface area contributed by atoms with Crippen molar-refractivity contribution in [1.82, 2.24) is 5.43 Å². The SMILES string of the molecule is COc1cc(/C=N\NC(=O)COc2ccc(Cl)cc2)ccc1OC(=O)c1ccc(Cl)cc1. The maximum absolute atomic E-state index is 12.3. The third kappa shape index (κ3) is 6.73. The van der Waals surface area contributed by atoms with Crippen LogP contribution in [0.15, 0.2) is 71.8 Å². The predicted molar refractivity (Wildman–Crippen MR) is 122 cm³/mol. The summed E-state index contributed by atoms with van der Waals surface area (Å²) in [6, 6.07) is 17.8. The van der Waals surface area contributed by atoms with Crippen LogP contribution in [0, 0.1) is 0 Å². The maximum Gasteiger partial charge on any atom is 0.343 e. The minimum Gasteiger partial charge on any atom is -0.493 e. The molecule has 7 nitrogen and oxygen atoms in total. The van der Waals surface area contributed by atoms with Crippen molar-refractivity contribution in [1.29, 1.82) is 0 Å². The van der Waals surface area contributed by atoms with Gasteiger partial charge in [-0.25, -0.2) is 10.2 Å². The molecule has 0 bridgehead atoms. The monoisotopic (exact) mass is 472 g/mol. The highest BCUT2D eigenvalue weighted by atomic mass is 35.5. The molecule has 0 aliphatic heterocycles. The number of nitrogens with one attached hydrogen (secondary N) is 1. The van der Waals surface area contributed by atoms with Crippen LogP contribution in [0.2, 0.25) is 10.0 Å². The standard InChI is InChI=1S/C23H18Cl2N2O5/c1-30-21-12-15(2-11-20(21)32-23(29)16-3-5-17(24)6-4-16)13-26-27-22(28)14-31-19-9-7-18(25)8-10-19/h2-13H,14H2,1H3,(H,27,28)/b26-13-. The summed E-state index contributed by atoms with van der Waals surface area (Å²) in [5.74, 6) is 0.103. The topological polar surface area (TPSA) is 86.2 Å². The Balaban J connectivity index is 1.55. The Hall–Kier alpha value is -3.55. The van der Waals surface area contributed by atoms with E-state index in [1.165, 1.54) is 13.3 Å². The fraction of sp³-hybridized carbons (Fsp3) is 0.0870. The fourth-order valence-corrected chi connectivity index (χ4v) is 2.74. The van der Waals surface area contributed by atoms with Gasteiger partial charge in [-0.1, -0.05) is 23.2 Å². The Kier molecular flexibility index (Phi) is 8.08. The summed E-state index contributed by atoms with van der Waals surface area (Å²) in [6.07, 6.45) is 1.42. The number of ether oxygens (including phenoxy) is 3. The quantitative estimate of drug-likeness (QED) is 0.221. The number of nitrogens with zero attached hydrogens (tertiary/aromatic N) is 1. The number of rotatable bonds is 8. The largest absolute Gasteiger partial charge is 0.493 e. The maximum atomic E-state index is 12.3. The van der Waals surface area contributed by atoms with E-state index in [0.29, 0.717) is 32.7 Å². The number of halogens is 2. The van der Waals surface area contributed by atoms with Crippen molar-refractivity contribution in [3.8, 4) is 17.2 Å². The van der Waals surface area contributed by atoms with Crippen LogP contribution >= 0.6 is 23.2 Å². The predicted octanol–water partition coefficient (Wildman–Crippen LogP) is 4.75. The van der Waals surface area contributed by atoms with Gasteiger partial charge in [0, 0.05) is 10.0 Å². The van der Waals surface area contributed by atoms with E-state index in [1.54, 1.807) is 66.7 Å². The molecule has 0 saturated heterocycles. The van der Waals surface area contributed by atoms with Crippen LogP contribution < -0.4 is 19.6 Å². The van der Waals surface area contributed by atoms with Gasteiger partial charge in [-0.3, -0.25) is 4.79 Å². The summed E-state index contributed by atoms with van der Waals surface area (Å²) >= 11 is 11.6. The normalized spacial score (nSPS) is 10.6. The van der Waals surface area contributed by atoms with Crippen molar-refractivity contribution in [2.75, 3.05) is 13.7 Å². The Morgan fingerprint density at radius 1 is 0.938 bits per heavy atom. The van der Waals surface area contributed by atoms with Gasteiger partial charge in [0.25, 0.3) is 5.91 Å². The van der Waals surface area contributed by atoms with Gasteiger partial charge in [-0.15, -0.1) is 0 Å². The highest BCUT2D eigenvalue weighted by Gasteiger charge is 2.13. The molecule has 0 atom stereocenters. The second-order valence-corrected chi connectivity index (χ2v) is 7.22. The highest BCUT2D eigenvalue weighted by Crippen LogP contribution is 2.28. The average Bonchev–Trinajstić information content (AvgIpc) is 2.80. The molecule has 0 aromatic heterocycles. The molecule has 1 amide bonds. The zero-order chi connectivity index (χ0) is 22.9. The lowest BCUT2D eigenvalue weighted by molar-refractivity contribution is -0.123. The van der Waals surface area contributed by atoms with E-state index in [4.69, 9.17) is 37.4 Å². The molecule has 3 aromatic rings. The number of carbonyl (C=O) groups excluding carboxylic acids is 2. The van der Waals surface area contributed by atoms with Crippen LogP contribution in [-0.4, -0.2) is 31.8 Å². The number of benzene rings is 3. The van der Waals surface area contributed by atoms with Gasteiger partial charge >= 0.3 is 5.97 Å². The van der Waals surface area contributed by atoms with Crippen molar-refractivity contribution >= 4 is 41.3 Å². The molecule has 164 valence electrons. The Labute approximate surface area is 194 Å². The minimum absolute atomic E-state index is 0.206. The molecule has 1 N–H and O–H groups in total. The first-order valence-corrected chi connectivity index (χ1v) is 10.1. The zero-order valence-electron chi connectivity index (χ0n) is 16.9. The molecule has 0 saturated carbocycles. The third-order valence-corrected chi connectivity index (χ3v) is 4.56. The molecule has 0 unspecified atom stereocenters. The van der Waals surface area contributed by atoms with E-state index in [0.717, 1.165) is 0 Å². The van der Waals surface area contributed by atoms with Gasteiger partial charge in [-0.2, -0.15) is 5.10 Å². The van der Waals surface area contributed by atoms with Crippen LogP contribution in [-0.2, 0) is 4.79 Å². The number of carbonyl (C=O) groups is 2. The van der Waals surface area contributed by atoms with E-state index in [1.807, 2.05) is 0 Å². The summed E-state index contributed by atoms with van der Waals surface area (Å²) in [7, 11) is 1.45. The van der Waals surface area contributed by atoms with Crippen LogP contribution in [0.4, 0.5) is 0 Å². The van der Waals surface area contributed by atoms with Gasteiger partial charge in [0.05, 0.1) is 18.9 Å². The van der Waals surface area contributed by atoms with E-state index in [9.17, 15) is 9.59 Å². The van der Waals surface area contributed by atoms with Crippen molar-refractivity contribution < 1.29 is 23.8 Å². The first kappa shape index (κ1) is 23.1. The highest BCUT2D eigenvalue weighted by molar-refractivity contribution is 6.30. The van der Waals surface area contributed by atoms with Gasteiger partial charge in [0.1, 0.15) is 5.75 Å². The van der Waals surface area contributed by atoms with Crippen molar-refractivity contribution in [3.05, 3.63) is 87.9 Å². The molecule has 0 aliphatic carbocycles. The molecule has 32 heavy (non-hydrogen) atoms. The summed E-state index contributed by atoms with van der Waals surface area (Å²) in [4.78, 5) is 24.2. The second-order valence-electron chi connectivity index (χ2n) is 6.34. The van der Waals surface area contributed by atoms with Crippen molar-refractivity contribution in [2.24, 2.45) is 5.10 Å². The van der Waals surface area contributed by atoms with Gasteiger partial charge < -0.3 is 14.2 Å². The smallest absolute Gasteiger partial charge is 0.343 e. The van der Waals surface area contributed by atoms with Crippen molar-refractivity contribution in [3.63, 3.8) is 0 Å². The summed E-state index contributed by atoms with van der Waals surface area (Å²) in [5, 5.41) is 4.98. The first-order valence-electron chi connectivity index (χ1n) is 9.30. The minimum atomic E-state index is -0.547. The van der Waals surface area contributed by atoms with Crippen LogP contribution in [0.3, 0.4) is 0 Å². The number of esters is 1. The van der Waals surface area contributed by atoms with E-state index >= 15 is 0 Å². The lowest BCUT2D eigenvalue weighted by Crippen LogP contribution is -2.24.